The van der Waals surface area contributed by atoms with Gasteiger partial charge in [0, 0.05) is 61.3 Å². The third-order valence-corrected chi connectivity index (χ3v) is 21.4. The number of nitrogens with one attached hydrogen (secondary N) is 2. The van der Waals surface area contributed by atoms with Gasteiger partial charge in [-0.25, -0.2) is 35.7 Å². The number of hydrogen-bond donors (Lipinski definition) is 3. The topological polar surface area (TPSA) is 247 Å². The minimum atomic E-state index is -3.93. The quantitative estimate of drug-likeness (QED) is 0.0484. The van der Waals surface area contributed by atoms with Gasteiger partial charge in [0.25, 0.3) is 10.0 Å². The maximum Gasteiger partial charge on any atom is 0.408 e. The number of aliphatic carboxylic acids is 1. The molecule has 2 atom stereocenters. The smallest absolute Gasteiger partial charge is 0.408 e. The average molecular weight is 1250 g/mol. The lowest BCUT2D eigenvalue weighted by molar-refractivity contribution is -0.157. The van der Waals surface area contributed by atoms with Crippen LogP contribution in [0.25, 0.3) is 0 Å². The fourth-order valence-corrected chi connectivity index (χ4v) is 16.8. The zero-order chi connectivity index (χ0) is 64.3. The zero-order valence-corrected chi connectivity index (χ0v) is 55.2. The number of sulfonamides is 1. The molecule has 3 aromatic carbocycles. The summed E-state index contributed by atoms with van der Waals surface area (Å²) in [7, 11) is -7.60. The van der Waals surface area contributed by atoms with Crippen molar-refractivity contribution in [3.8, 4) is 11.5 Å². The number of esters is 1. The Kier molecular flexibility index (Phi) is 20.5. The normalized spacial score (nSPS) is 16.7. The molecule has 5 aromatic rings. The molecule has 0 fully saturated rings. The first-order valence-electron chi connectivity index (χ1n) is 30.8. The van der Waals surface area contributed by atoms with Gasteiger partial charge in [0.15, 0.2) is 9.84 Å². The first kappa shape index (κ1) is 66.9. The van der Waals surface area contributed by atoms with Gasteiger partial charge in [-0.1, -0.05) is 42.5 Å². The number of benzene rings is 3. The number of ether oxygens (including phenoxy) is 4. The SMILES string of the molecule is Cc1c(C)c(S(=O)(=O)C2CCCc3ccc(CCCCC(=O)O)nc32)c(C)c2c1OC(C)(C)C2.Cc1c(C)c(S(=O)(=O)N2CCCc3ccc(CCCCC(=O)NC[C@H](NC(=O)OCc4ccccc4)C(=O)OC(C)(C)C)nc32)c(C)c2c1OC(C)(C)C2. The highest BCUT2D eigenvalue weighted by Gasteiger charge is 2.43. The Morgan fingerprint density at radius 2 is 1.26 bits per heavy atom. The summed E-state index contributed by atoms with van der Waals surface area (Å²) in [5.41, 5.74) is 10.1. The molecule has 1 unspecified atom stereocenters. The molecule has 4 aliphatic rings. The number of anilines is 1. The minimum absolute atomic E-state index is 0.0229. The number of amides is 2. The van der Waals surface area contributed by atoms with Crippen molar-refractivity contribution in [1.29, 1.82) is 0 Å². The monoisotopic (exact) mass is 1250 g/mol. The van der Waals surface area contributed by atoms with Gasteiger partial charge in [-0.3, -0.25) is 14.6 Å². The summed E-state index contributed by atoms with van der Waals surface area (Å²) in [5, 5.41) is 13.4. The summed E-state index contributed by atoms with van der Waals surface area (Å²) >= 11 is 0. The molecule has 2 amide bonds. The summed E-state index contributed by atoms with van der Waals surface area (Å²) in [6, 6.07) is 15.9. The van der Waals surface area contributed by atoms with Gasteiger partial charge < -0.3 is 34.7 Å². The Balaban J connectivity index is 0.000000252. The number of rotatable bonds is 20. The van der Waals surface area contributed by atoms with Crippen LogP contribution >= 0.6 is 0 Å². The Labute approximate surface area is 520 Å². The molecule has 0 spiro atoms. The van der Waals surface area contributed by atoms with Crippen LogP contribution in [0.2, 0.25) is 0 Å². The van der Waals surface area contributed by atoms with Gasteiger partial charge in [-0.05, 0) is 223 Å². The fraction of sp³-hybridized carbons (Fsp3) is 0.529. The number of pyridine rings is 2. The number of aromatic nitrogens is 2. The van der Waals surface area contributed by atoms with Crippen molar-refractivity contribution >= 4 is 49.6 Å². The maximum atomic E-state index is 14.5. The first-order chi connectivity index (χ1) is 41.3. The van der Waals surface area contributed by atoms with Crippen molar-refractivity contribution in [3.63, 3.8) is 0 Å². The number of aryl methyl sites for hydroxylation is 4. The van der Waals surface area contributed by atoms with Crippen molar-refractivity contribution < 1.29 is 60.1 Å². The number of carboxylic acid groups (broad SMARTS) is 1. The van der Waals surface area contributed by atoms with E-state index < -0.39 is 60.4 Å². The molecular formula is C68H89N5O13S2. The van der Waals surface area contributed by atoms with Crippen LogP contribution in [0.5, 0.6) is 11.5 Å². The van der Waals surface area contributed by atoms with Crippen LogP contribution in [0.4, 0.5) is 10.6 Å². The number of carbonyl (C=O) groups is 4. The summed E-state index contributed by atoms with van der Waals surface area (Å²) in [6.45, 7) is 24.9. The van der Waals surface area contributed by atoms with Crippen molar-refractivity contribution in [2.45, 2.75) is 231 Å². The Hall–Kier alpha value is -7.06. The number of fused-ring (bicyclic) bond motifs is 4. The van der Waals surface area contributed by atoms with Gasteiger partial charge >= 0.3 is 18.0 Å². The van der Waals surface area contributed by atoms with E-state index in [4.69, 9.17) is 34.0 Å². The van der Waals surface area contributed by atoms with Crippen LogP contribution in [0.15, 0.2) is 64.4 Å². The van der Waals surface area contributed by atoms with E-state index in [0.717, 1.165) is 97.8 Å². The molecule has 2 aromatic heterocycles. The lowest BCUT2D eigenvalue weighted by Crippen LogP contribution is -2.50. The first-order valence-corrected chi connectivity index (χ1v) is 33.8. The maximum absolute atomic E-state index is 14.5. The van der Waals surface area contributed by atoms with E-state index in [1.807, 2.05) is 124 Å². The molecule has 3 aliphatic heterocycles. The van der Waals surface area contributed by atoms with Crippen LogP contribution in [0.3, 0.4) is 0 Å². The summed E-state index contributed by atoms with van der Waals surface area (Å²) in [4.78, 5) is 59.5. The summed E-state index contributed by atoms with van der Waals surface area (Å²) < 4.78 is 82.0. The standard InChI is InChI=1S/C41H54N4O8S.C27H35NO5S/c1-26-27(2)36(28(3)32-23-41(7,8)52-35(26)32)54(49,50)45-22-14-17-30-20-21-31(43-37(30)45)18-12-13-19-34(46)42-24-33(38(47)53-40(4,5)6)44-39(48)51-25-29-15-10-9-11-16-29;1-16-17(2)26(18(3)21-15-27(4,5)33-25(16)21)34(31,32)22-11-8-9-19-13-14-20(28-24(19)22)10-6-7-12-23(29)30/h9-11,15-16,20-21,33H,12-14,17-19,22-25H2,1-8H3,(H,42,46)(H,44,48);13-14,22H,6-12,15H2,1-5H3,(H,29,30)/t33-;/m0./s1. The van der Waals surface area contributed by atoms with Gasteiger partial charge in [0.1, 0.15) is 52.0 Å². The molecule has 3 N–H and O–H groups in total. The number of unbranched alkanes of at least 4 members (excludes halogenated alkanes) is 2. The highest BCUT2D eigenvalue weighted by atomic mass is 32.2. The lowest BCUT2D eigenvalue weighted by atomic mass is 9.94. The van der Waals surface area contributed by atoms with Crippen LogP contribution in [-0.2, 0) is 88.8 Å². The van der Waals surface area contributed by atoms with Gasteiger partial charge in [-0.15, -0.1) is 0 Å². The molecule has 1 aliphatic carbocycles. The van der Waals surface area contributed by atoms with Gasteiger partial charge in [0.05, 0.1) is 15.5 Å². The largest absolute Gasteiger partial charge is 0.487 e. The molecule has 0 radical (unpaired) electrons. The molecular weight excluding hydrogens is 1160 g/mol. The highest BCUT2D eigenvalue weighted by molar-refractivity contribution is 7.93. The van der Waals surface area contributed by atoms with E-state index in [-0.39, 0.29) is 37.5 Å². The molecule has 0 saturated heterocycles. The molecule has 88 heavy (non-hydrogen) atoms. The Bertz CT molecular complexity index is 3710. The van der Waals surface area contributed by atoms with E-state index >= 15 is 0 Å². The van der Waals surface area contributed by atoms with Crippen LogP contribution in [0.1, 0.15) is 190 Å². The summed E-state index contributed by atoms with van der Waals surface area (Å²) in [6.07, 6.45) is 8.13. The van der Waals surface area contributed by atoms with Crippen LogP contribution in [-0.4, -0.2) is 91.8 Å². The fourth-order valence-electron chi connectivity index (χ4n) is 12.4. The van der Waals surface area contributed by atoms with Crippen molar-refractivity contribution in [3.05, 3.63) is 133 Å². The molecule has 476 valence electrons. The van der Waals surface area contributed by atoms with Gasteiger partial charge in [0.2, 0.25) is 5.91 Å². The van der Waals surface area contributed by atoms with Crippen molar-refractivity contribution in [1.82, 2.24) is 20.6 Å². The number of carboxylic acids is 1. The van der Waals surface area contributed by atoms with E-state index in [1.54, 1.807) is 20.8 Å². The lowest BCUT2D eigenvalue weighted by Gasteiger charge is -2.31. The van der Waals surface area contributed by atoms with E-state index in [1.165, 1.54) is 4.31 Å². The van der Waals surface area contributed by atoms with Crippen molar-refractivity contribution in [2.75, 3.05) is 17.4 Å². The Morgan fingerprint density at radius 1 is 0.705 bits per heavy atom. The van der Waals surface area contributed by atoms with Crippen molar-refractivity contribution in [2.24, 2.45) is 0 Å². The van der Waals surface area contributed by atoms with E-state index in [2.05, 4.69) is 10.6 Å². The second kappa shape index (κ2) is 27.0. The number of nitrogens with zero attached hydrogens (tertiary/aromatic N) is 3. The second-order valence-corrected chi connectivity index (χ2v) is 30.1. The third-order valence-electron chi connectivity index (χ3n) is 17.0. The number of hydrogen-bond acceptors (Lipinski definition) is 14. The number of sulfone groups is 1. The summed E-state index contributed by atoms with van der Waals surface area (Å²) in [5.74, 6) is 0.318. The number of carbonyl (C=O) groups excluding carboxylic acids is 3. The van der Waals surface area contributed by atoms with E-state index in [9.17, 15) is 36.0 Å². The predicted molar refractivity (Wildman–Crippen MR) is 337 cm³/mol. The minimum Gasteiger partial charge on any atom is -0.487 e. The van der Waals surface area contributed by atoms with E-state index in [0.29, 0.717) is 97.6 Å². The molecule has 0 bridgehead atoms. The molecule has 0 saturated carbocycles. The molecule has 9 rings (SSSR count). The molecule has 20 heteroatoms. The predicted octanol–water partition coefficient (Wildman–Crippen LogP) is 11.7. The molecule has 5 heterocycles. The zero-order valence-electron chi connectivity index (χ0n) is 53.6. The highest BCUT2D eigenvalue weighted by Crippen LogP contribution is 2.48. The molecule has 18 nitrogen and oxygen atoms in total. The van der Waals surface area contributed by atoms with Crippen LogP contribution in [0, 0.1) is 41.5 Å². The third kappa shape index (κ3) is 15.5. The average Bonchev–Trinajstić information content (AvgIpc) is 1.41. The van der Waals surface area contributed by atoms with Gasteiger partial charge in [-0.2, -0.15) is 0 Å². The van der Waals surface area contributed by atoms with Crippen LogP contribution < -0.4 is 24.4 Å². The number of alkyl carbamates (subject to hydrolysis) is 1. The second-order valence-electron chi connectivity index (χ2n) is 26.2. The Morgan fingerprint density at radius 3 is 1.86 bits per heavy atom.